The van der Waals surface area contributed by atoms with Crippen molar-refractivity contribution in [1.82, 2.24) is 0 Å². The van der Waals surface area contributed by atoms with Crippen LogP contribution >= 0.6 is 0 Å². The summed E-state index contributed by atoms with van der Waals surface area (Å²) in [5, 5.41) is 10.5. The van der Waals surface area contributed by atoms with Crippen LogP contribution in [-0.2, 0) is 4.79 Å². The van der Waals surface area contributed by atoms with E-state index in [1.807, 2.05) is 18.2 Å². The fraction of sp³-hybridized carbons (Fsp3) is 0.500. The number of fused-ring (bicyclic) bond motifs is 3. The number of para-hydroxylation sites is 2. The van der Waals surface area contributed by atoms with E-state index in [1.54, 1.807) is 6.92 Å². The van der Waals surface area contributed by atoms with Crippen LogP contribution in [0, 0.1) is 0 Å². The molecule has 2 heterocycles. The quantitative estimate of drug-likeness (QED) is 0.738. The van der Waals surface area contributed by atoms with E-state index in [2.05, 4.69) is 16.3 Å². The van der Waals surface area contributed by atoms with Crippen LogP contribution in [0.3, 0.4) is 0 Å². The summed E-state index contributed by atoms with van der Waals surface area (Å²) in [4.78, 5) is 14.1. The van der Waals surface area contributed by atoms with Crippen molar-refractivity contribution in [3.63, 3.8) is 0 Å². The Bertz CT molecular complexity index is 420. The fourth-order valence-electron chi connectivity index (χ4n) is 2.54. The van der Waals surface area contributed by atoms with E-state index >= 15 is 0 Å². The van der Waals surface area contributed by atoms with E-state index in [-0.39, 0.29) is 18.6 Å². The molecular formula is C14H20N2O2. The standard InChI is InChI=1S/C12H14N2O.C2H6O/c15-12-11-7-3-4-8-14(11)10-6-2-1-5-9(10)13-12;1-2-3/h1-2,5-6,11H,3-4,7-8H2,(H,13,15);3H,2H2,1H3. The van der Waals surface area contributed by atoms with Gasteiger partial charge in [0, 0.05) is 13.2 Å². The van der Waals surface area contributed by atoms with Gasteiger partial charge in [-0.05, 0) is 38.3 Å². The lowest BCUT2D eigenvalue weighted by molar-refractivity contribution is -0.118. The summed E-state index contributed by atoms with van der Waals surface area (Å²) in [6.45, 7) is 2.94. The molecule has 98 valence electrons. The summed E-state index contributed by atoms with van der Waals surface area (Å²) >= 11 is 0. The number of anilines is 2. The lowest BCUT2D eigenvalue weighted by Gasteiger charge is -2.40. The average molecular weight is 248 g/mol. The molecule has 2 N–H and O–H groups in total. The first-order chi connectivity index (χ1) is 8.77. The number of piperidine rings is 1. The lowest BCUT2D eigenvalue weighted by atomic mass is 9.97. The Balaban J connectivity index is 0.000000367. The van der Waals surface area contributed by atoms with E-state index < -0.39 is 0 Å². The smallest absolute Gasteiger partial charge is 0.247 e. The van der Waals surface area contributed by atoms with Gasteiger partial charge in [0.2, 0.25) is 5.91 Å². The first-order valence-electron chi connectivity index (χ1n) is 6.55. The zero-order valence-electron chi connectivity index (χ0n) is 10.7. The molecule has 0 bridgehead atoms. The van der Waals surface area contributed by atoms with E-state index in [0.717, 1.165) is 25.1 Å². The number of amides is 1. The number of nitrogens with zero attached hydrogens (tertiary/aromatic N) is 1. The highest BCUT2D eigenvalue weighted by molar-refractivity contribution is 6.03. The Kier molecular flexibility index (Phi) is 4.20. The number of rotatable bonds is 0. The van der Waals surface area contributed by atoms with Crippen LogP contribution in [0.2, 0.25) is 0 Å². The third-order valence-electron chi connectivity index (χ3n) is 3.28. The molecule has 0 aliphatic carbocycles. The number of hydrogen-bond acceptors (Lipinski definition) is 3. The highest BCUT2D eigenvalue weighted by Gasteiger charge is 2.33. The molecule has 4 nitrogen and oxygen atoms in total. The SMILES string of the molecule is CCO.O=C1Nc2ccccc2N2CCCCC12. The van der Waals surface area contributed by atoms with Crippen molar-refractivity contribution in [2.45, 2.75) is 32.2 Å². The van der Waals surface area contributed by atoms with Crippen molar-refractivity contribution in [3.05, 3.63) is 24.3 Å². The second-order valence-electron chi connectivity index (χ2n) is 4.53. The van der Waals surface area contributed by atoms with Gasteiger partial charge >= 0.3 is 0 Å². The predicted octanol–water partition coefficient (Wildman–Crippen LogP) is 2.00. The van der Waals surface area contributed by atoms with Gasteiger partial charge in [-0.3, -0.25) is 4.79 Å². The minimum atomic E-state index is 0.0636. The second kappa shape index (κ2) is 5.87. The Morgan fingerprint density at radius 1 is 1.39 bits per heavy atom. The summed E-state index contributed by atoms with van der Waals surface area (Å²) in [5.41, 5.74) is 2.14. The Labute approximate surface area is 108 Å². The zero-order chi connectivity index (χ0) is 13.0. The van der Waals surface area contributed by atoms with Crippen LogP contribution in [0.5, 0.6) is 0 Å². The van der Waals surface area contributed by atoms with Gasteiger partial charge in [-0.15, -0.1) is 0 Å². The van der Waals surface area contributed by atoms with Crippen molar-refractivity contribution in [2.24, 2.45) is 0 Å². The Morgan fingerprint density at radius 2 is 2.11 bits per heavy atom. The van der Waals surface area contributed by atoms with Crippen molar-refractivity contribution in [1.29, 1.82) is 0 Å². The molecule has 3 rings (SSSR count). The van der Waals surface area contributed by atoms with Gasteiger partial charge in [0.1, 0.15) is 6.04 Å². The van der Waals surface area contributed by atoms with Gasteiger partial charge in [-0.2, -0.15) is 0 Å². The number of carbonyl (C=O) groups is 1. The summed E-state index contributed by atoms with van der Waals surface area (Å²) < 4.78 is 0. The van der Waals surface area contributed by atoms with E-state index in [4.69, 9.17) is 5.11 Å². The van der Waals surface area contributed by atoms with Gasteiger partial charge < -0.3 is 15.3 Å². The number of carbonyl (C=O) groups excluding carboxylic acids is 1. The van der Waals surface area contributed by atoms with Gasteiger partial charge in [0.25, 0.3) is 0 Å². The van der Waals surface area contributed by atoms with Crippen molar-refractivity contribution in [2.75, 3.05) is 23.4 Å². The normalized spacial score (nSPS) is 21.1. The highest BCUT2D eigenvalue weighted by Crippen LogP contribution is 2.35. The maximum Gasteiger partial charge on any atom is 0.247 e. The number of aliphatic hydroxyl groups excluding tert-OH is 1. The predicted molar refractivity (Wildman–Crippen MR) is 72.8 cm³/mol. The highest BCUT2D eigenvalue weighted by atomic mass is 16.2. The minimum Gasteiger partial charge on any atom is -0.397 e. The van der Waals surface area contributed by atoms with E-state index in [1.165, 1.54) is 12.1 Å². The Morgan fingerprint density at radius 3 is 2.89 bits per heavy atom. The molecule has 1 fully saturated rings. The average Bonchev–Trinajstić information content (AvgIpc) is 2.40. The van der Waals surface area contributed by atoms with Gasteiger partial charge in [-0.25, -0.2) is 0 Å². The maximum atomic E-state index is 11.8. The molecule has 1 saturated heterocycles. The van der Waals surface area contributed by atoms with Crippen molar-refractivity contribution >= 4 is 17.3 Å². The summed E-state index contributed by atoms with van der Waals surface area (Å²) in [6, 6.07) is 8.12. The van der Waals surface area contributed by atoms with Crippen LogP contribution in [-0.4, -0.2) is 30.2 Å². The molecule has 18 heavy (non-hydrogen) atoms. The topological polar surface area (TPSA) is 52.6 Å². The molecule has 1 atom stereocenters. The van der Waals surface area contributed by atoms with E-state index in [0.29, 0.717) is 0 Å². The molecule has 1 aromatic carbocycles. The molecule has 2 aliphatic rings. The monoisotopic (exact) mass is 248 g/mol. The van der Waals surface area contributed by atoms with E-state index in [9.17, 15) is 4.79 Å². The number of hydrogen-bond donors (Lipinski definition) is 2. The third kappa shape index (κ3) is 2.48. The molecule has 1 aromatic rings. The van der Waals surface area contributed by atoms with Crippen molar-refractivity contribution < 1.29 is 9.90 Å². The molecule has 0 aromatic heterocycles. The first-order valence-corrected chi connectivity index (χ1v) is 6.55. The van der Waals surface area contributed by atoms with Gasteiger partial charge in [0.15, 0.2) is 0 Å². The van der Waals surface area contributed by atoms with Crippen LogP contribution in [0.15, 0.2) is 24.3 Å². The van der Waals surface area contributed by atoms with Gasteiger partial charge in [-0.1, -0.05) is 12.1 Å². The van der Waals surface area contributed by atoms with Crippen LogP contribution in [0.25, 0.3) is 0 Å². The maximum absolute atomic E-state index is 11.8. The molecule has 1 amide bonds. The largest absolute Gasteiger partial charge is 0.397 e. The molecular weight excluding hydrogens is 228 g/mol. The molecule has 0 spiro atoms. The van der Waals surface area contributed by atoms with Crippen LogP contribution in [0.4, 0.5) is 11.4 Å². The molecule has 0 saturated carbocycles. The number of benzene rings is 1. The summed E-state index contributed by atoms with van der Waals surface area (Å²) in [5.74, 6) is 0.161. The summed E-state index contributed by atoms with van der Waals surface area (Å²) in [7, 11) is 0. The third-order valence-corrected chi connectivity index (χ3v) is 3.28. The van der Waals surface area contributed by atoms with Crippen molar-refractivity contribution in [3.8, 4) is 0 Å². The Hall–Kier alpha value is -1.55. The summed E-state index contributed by atoms with van der Waals surface area (Å²) in [6.07, 6.45) is 3.34. The second-order valence-corrected chi connectivity index (χ2v) is 4.53. The fourth-order valence-corrected chi connectivity index (χ4v) is 2.54. The first kappa shape index (κ1) is 12.9. The number of aliphatic hydroxyl groups is 1. The molecule has 1 unspecified atom stereocenters. The molecule has 4 heteroatoms. The molecule has 0 radical (unpaired) electrons. The van der Waals surface area contributed by atoms with Gasteiger partial charge in [0.05, 0.1) is 11.4 Å². The van der Waals surface area contributed by atoms with Crippen LogP contribution in [0.1, 0.15) is 26.2 Å². The zero-order valence-corrected chi connectivity index (χ0v) is 10.7. The minimum absolute atomic E-state index is 0.0636. The lowest BCUT2D eigenvalue weighted by Crippen LogP contribution is -2.50. The van der Waals surface area contributed by atoms with Crippen LogP contribution < -0.4 is 10.2 Å². The number of nitrogens with one attached hydrogen (secondary N) is 1. The molecule has 2 aliphatic heterocycles.